The number of fused-ring (bicyclic) bond motifs is 1. The summed E-state index contributed by atoms with van der Waals surface area (Å²) in [6.45, 7) is 4.04. The van der Waals surface area contributed by atoms with Gasteiger partial charge in [-0.3, -0.25) is 0 Å². The molecule has 0 radical (unpaired) electrons. The van der Waals surface area contributed by atoms with Crippen molar-refractivity contribution in [3.63, 3.8) is 0 Å². The molecule has 0 bridgehead atoms. The second-order valence-corrected chi connectivity index (χ2v) is 7.56. The van der Waals surface area contributed by atoms with Crippen molar-refractivity contribution >= 4 is 18.2 Å². The fraction of sp³-hybridized carbons (Fsp3) is 0.125. The molecule has 0 aliphatic carbocycles. The highest BCUT2D eigenvalue weighted by molar-refractivity contribution is 6.73. The molecule has 148 valence electrons. The number of nitrogens with zero attached hydrogens (tertiary/aromatic N) is 3. The van der Waals surface area contributed by atoms with E-state index < -0.39 is 0 Å². The molecule has 0 N–H and O–H groups in total. The minimum absolute atomic E-state index is 0.174. The van der Waals surface area contributed by atoms with Crippen LogP contribution in [0.15, 0.2) is 78.9 Å². The minimum atomic E-state index is -0.174. The van der Waals surface area contributed by atoms with Crippen LogP contribution in [0.5, 0.6) is 17.2 Å². The Kier molecular flexibility index (Phi) is 4.47. The van der Waals surface area contributed by atoms with Gasteiger partial charge in [-0.05, 0) is 68.8 Å². The Balaban J connectivity index is 1.40. The zero-order valence-corrected chi connectivity index (χ0v) is 17.2. The zero-order chi connectivity index (χ0) is 20.7. The summed E-state index contributed by atoms with van der Waals surface area (Å²) in [5.41, 5.74) is 5.19. The van der Waals surface area contributed by atoms with E-state index in [4.69, 9.17) is 9.39 Å². The van der Waals surface area contributed by atoms with Crippen molar-refractivity contribution in [2.24, 2.45) is 0 Å². The van der Waals surface area contributed by atoms with E-state index in [1.54, 1.807) is 0 Å². The van der Waals surface area contributed by atoms with E-state index in [1.807, 2.05) is 86.2 Å². The van der Waals surface area contributed by atoms with Gasteiger partial charge >= 0.3 is 7.05 Å². The molecule has 0 saturated heterocycles. The Hall–Kier alpha value is -3.67. The van der Waals surface area contributed by atoms with E-state index in [0.29, 0.717) is 0 Å². The minimum Gasteiger partial charge on any atom is -0.536 e. The van der Waals surface area contributed by atoms with Gasteiger partial charge in [-0.25, -0.2) is 4.68 Å². The maximum atomic E-state index is 6.18. The maximum Gasteiger partial charge on any atom is 0.519 e. The van der Waals surface area contributed by atoms with Gasteiger partial charge in [-0.1, -0.05) is 30.3 Å². The molecule has 0 spiro atoms. The quantitative estimate of drug-likeness (QED) is 0.477. The van der Waals surface area contributed by atoms with Crippen LogP contribution >= 0.6 is 0 Å². The summed E-state index contributed by atoms with van der Waals surface area (Å²) in [5.74, 6) is 2.43. The summed E-state index contributed by atoms with van der Waals surface area (Å²) < 4.78 is 14.3. The Bertz CT molecular complexity index is 1220. The van der Waals surface area contributed by atoms with Crippen molar-refractivity contribution in [2.45, 2.75) is 13.8 Å². The largest absolute Gasteiger partial charge is 0.536 e. The van der Waals surface area contributed by atoms with E-state index in [-0.39, 0.29) is 7.05 Å². The molecule has 0 amide bonds. The van der Waals surface area contributed by atoms with E-state index >= 15 is 0 Å². The first kappa shape index (κ1) is 18.4. The Morgan fingerprint density at radius 1 is 0.867 bits per heavy atom. The third kappa shape index (κ3) is 3.30. The molecule has 6 heteroatoms. The summed E-state index contributed by atoms with van der Waals surface area (Å²) >= 11 is 0. The molecule has 1 aliphatic heterocycles. The molecule has 2 heterocycles. The fourth-order valence-corrected chi connectivity index (χ4v) is 3.90. The van der Waals surface area contributed by atoms with Gasteiger partial charge in [-0.2, -0.15) is 5.10 Å². The first-order chi connectivity index (χ1) is 14.6. The number of ether oxygens (including phenoxy) is 1. The van der Waals surface area contributed by atoms with Crippen molar-refractivity contribution < 1.29 is 9.39 Å². The van der Waals surface area contributed by atoms with Crippen LogP contribution in [-0.4, -0.2) is 23.9 Å². The van der Waals surface area contributed by atoms with Gasteiger partial charge in [0.1, 0.15) is 17.2 Å². The smallest absolute Gasteiger partial charge is 0.519 e. The van der Waals surface area contributed by atoms with Crippen molar-refractivity contribution in [1.29, 1.82) is 0 Å². The monoisotopic (exact) mass is 395 g/mol. The molecule has 0 fully saturated rings. The topological polar surface area (TPSA) is 39.5 Å². The van der Waals surface area contributed by atoms with Gasteiger partial charge in [0.15, 0.2) is 0 Å². The lowest BCUT2D eigenvalue weighted by atomic mass is 9.72. The molecule has 1 aromatic heterocycles. The second kappa shape index (κ2) is 7.30. The number of anilines is 1. The lowest BCUT2D eigenvalue weighted by Gasteiger charge is -2.17. The fourth-order valence-electron chi connectivity index (χ4n) is 3.90. The van der Waals surface area contributed by atoms with Gasteiger partial charge in [0.2, 0.25) is 0 Å². The Labute approximate surface area is 176 Å². The Morgan fingerprint density at radius 2 is 1.63 bits per heavy atom. The molecule has 30 heavy (non-hydrogen) atoms. The molecule has 3 aromatic carbocycles. The van der Waals surface area contributed by atoms with E-state index in [1.165, 1.54) is 0 Å². The normalized spacial score (nSPS) is 12.6. The third-order valence-electron chi connectivity index (χ3n) is 5.29. The maximum absolute atomic E-state index is 6.18. The molecular formula is C24H22BN3O2. The second-order valence-electron chi connectivity index (χ2n) is 7.56. The molecule has 0 atom stereocenters. The van der Waals surface area contributed by atoms with Gasteiger partial charge < -0.3 is 14.2 Å². The van der Waals surface area contributed by atoms with Crippen molar-refractivity contribution in [1.82, 2.24) is 9.78 Å². The number of aromatic nitrogens is 2. The van der Waals surface area contributed by atoms with Crippen LogP contribution in [0.2, 0.25) is 0 Å². The van der Waals surface area contributed by atoms with E-state index in [2.05, 4.69) is 28.1 Å². The predicted molar refractivity (Wildman–Crippen MR) is 120 cm³/mol. The summed E-state index contributed by atoms with van der Waals surface area (Å²) in [6, 6.07) is 26.2. The average Bonchev–Trinajstić information content (AvgIpc) is 3.27. The first-order valence-corrected chi connectivity index (χ1v) is 9.98. The molecule has 0 saturated carbocycles. The summed E-state index contributed by atoms with van der Waals surface area (Å²) in [5, 5.41) is 4.56. The summed E-state index contributed by atoms with van der Waals surface area (Å²) in [6.07, 6.45) is 0. The van der Waals surface area contributed by atoms with Crippen LogP contribution in [0.4, 0.5) is 5.69 Å². The average molecular weight is 395 g/mol. The van der Waals surface area contributed by atoms with Crippen molar-refractivity contribution in [2.75, 3.05) is 11.9 Å². The van der Waals surface area contributed by atoms with Crippen LogP contribution in [0.25, 0.3) is 5.69 Å². The number of benzene rings is 3. The standard InChI is InChI=1S/C24H22BN3O2/c1-17-14-18(2)28(26-17)20-9-7-11-22(16-20)29-21-10-6-8-19(15-21)25-27(3)23-12-4-5-13-24(23)30-25/h4-16H,1-3H3. The lowest BCUT2D eigenvalue weighted by molar-refractivity contribution is 0.482. The van der Waals surface area contributed by atoms with Gasteiger partial charge in [-0.15, -0.1) is 0 Å². The zero-order valence-electron chi connectivity index (χ0n) is 17.2. The highest BCUT2D eigenvalue weighted by Crippen LogP contribution is 2.34. The number of para-hydroxylation sites is 2. The van der Waals surface area contributed by atoms with Crippen LogP contribution < -0.4 is 19.7 Å². The highest BCUT2D eigenvalue weighted by atomic mass is 16.5. The first-order valence-electron chi connectivity index (χ1n) is 9.98. The number of rotatable bonds is 4. The molecule has 0 unspecified atom stereocenters. The Morgan fingerprint density at radius 3 is 2.40 bits per heavy atom. The molecule has 5 nitrogen and oxygen atoms in total. The van der Waals surface area contributed by atoms with Crippen LogP contribution in [-0.2, 0) is 0 Å². The number of aryl methyl sites for hydroxylation is 2. The van der Waals surface area contributed by atoms with E-state index in [9.17, 15) is 0 Å². The molecule has 4 aromatic rings. The SMILES string of the molecule is Cc1cc(C)n(-c2cccc(Oc3cccc(B4Oc5ccccc5N4C)c3)c2)n1. The van der Waals surface area contributed by atoms with Gasteiger partial charge in [0.05, 0.1) is 17.1 Å². The summed E-state index contributed by atoms with van der Waals surface area (Å²) in [7, 11) is 1.87. The van der Waals surface area contributed by atoms with Gasteiger partial charge in [0.25, 0.3) is 0 Å². The highest BCUT2D eigenvalue weighted by Gasteiger charge is 2.35. The molecule has 5 rings (SSSR count). The summed E-state index contributed by atoms with van der Waals surface area (Å²) in [4.78, 5) is 2.14. The number of hydrogen-bond acceptors (Lipinski definition) is 4. The van der Waals surface area contributed by atoms with Crippen LogP contribution in [0.1, 0.15) is 11.4 Å². The molecule has 1 aliphatic rings. The lowest BCUT2D eigenvalue weighted by Crippen LogP contribution is -2.47. The van der Waals surface area contributed by atoms with E-state index in [0.717, 1.165) is 45.5 Å². The van der Waals surface area contributed by atoms with Gasteiger partial charge in [0, 0.05) is 11.8 Å². The van der Waals surface area contributed by atoms with Crippen LogP contribution in [0.3, 0.4) is 0 Å². The van der Waals surface area contributed by atoms with Crippen LogP contribution in [0, 0.1) is 13.8 Å². The third-order valence-corrected chi connectivity index (χ3v) is 5.29. The number of hydrogen-bond donors (Lipinski definition) is 0. The molecular weight excluding hydrogens is 373 g/mol. The van der Waals surface area contributed by atoms with Crippen molar-refractivity contribution in [3.8, 4) is 22.9 Å². The predicted octanol–water partition coefficient (Wildman–Crippen LogP) is 4.51. The van der Waals surface area contributed by atoms with Crippen molar-refractivity contribution in [3.05, 3.63) is 90.3 Å².